The standard InChI is InChI=1S/C24H32N2O3/c1-6-29-21(28)15-20-16(2)25-17(3)22(18-7-9-19(27)10-8-18)23(20)26-13-11-24(4,5)12-14-26/h7-10,27H,6,11-15H2,1-5H3. The largest absolute Gasteiger partial charge is 0.508 e. The molecule has 3 rings (SSSR count). The predicted octanol–water partition coefficient (Wildman–Crippen LogP) is 4.80. The van der Waals surface area contributed by atoms with E-state index in [0.29, 0.717) is 12.0 Å². The van der Waals surface area contributed by atoms with E-state index in [1.54, 1.807) is 12.1 Å². The van der Waals surface area contributed by atoms with Crippen molar-refractivity contribution in [3.63, 3.8) is 0 Å². The van der Waals surface area contributed by atoms with Gasteiger partial charge in [0.15, 0.2) is 0 Å². The smallest absolute Gasteiger partial charge is 0.310 e. The van der Waals surface area contributed by atoms with E-state index in [1.165, 1.54) is 0 Å². The van der Waals surface area contributed by atoms with E-state index >= 15 is 0 Å². The summed E-state index contributed by atoms with van der Waals surface area (Å²) in [6, 6.07) is 7.23. The second-order valence-corrected chi connectivity index (χ2v) is 8.66. The van der Waals surface area contributed by atoms with Gasteiger partial charge in [0, 0.05) is 35.6 Å². The van der Waals surface area contributed by atoms with Crippen molar-refractivity contribution >= 4 is 11.7 Å². The van der Waals surface area contributed by atoms with Crippen LogP contribution in [0.5, 0.6) is 5.75 Å². The molecule has 0 radical (unpaired) electrons. The summed E-state index contributed by atoms with van der Waals surface area (Å²) < 4.78 is 5.25. The zero-order chi connectivity index (χ0) is 21.2. The fourth-order valence-corrected chi connectivity index (χ4v) is 4.09. The van der Waals surface area contributed by atoms with Crippen LogP contribution in [-0.2, 0) is 16.0 Å². The van der Waals surface area contributed by atoms with Gasteiger partial charge in [-0.2, -0.15) is 0 Å². The number of rotatable bonds is 5. The number of carbonyl (C=O) groups excluding carboxylic acids is 1. The number of nitrogens with zero attached hydrogens (tertiary/aromatic N) is 2. The molecule has 0 aliphatic carbocycles. The van der Waals surface area contributed by atoms with Crippen LogP contribution in [0.4, 0.5) is 5.69 Å². The number of hydrogen-bond donors (Lipinski definition) is 1. The first-order valence-electron chi connectivity index (χ1n) is 10.4. The van der Waals surface area contributed by atoms with Crippen molar-refractivity contribution in [3.8, 4) is 16.9 Å². The van der Waals surface area contributed by atoms with Crippen molar-refractivity contribution < 1.29 is 14.6 Å². The highest BCUT2D eigenvalue weighted by Crippen LogP contribution is 2.41. The van der Waals surface area contributed by atoms with E-state index in [9.17, 15) is 9.90 Å². The summed E-state index contributed by atoms with van der Waals surface area (Å²) in [5.74, 6) is 0.0102. The Bertz CT molecular complexity index is 878. The van der Waals surface area contributed by atoms with E-state index < -0.39 is 0 Å². The number of carbonyl (C=O) groups is 1. The average Bonchev–Trinajstić information content (AvgIpc) is 2.65. The average molecular weight is 397 g/mol. The van der Waals surface area contributed by atoms with Crippen LogP contribution in [0.2, 0.25) is 0 Å². The Morgan fingerprint density at radius 1 is 1.14 bits per heavy atom. The summed E-state index contributed by atoms with van der Waals surface area (Å²) in [5, 5.41) is 9.74. The second kappa shape index (κ2) is 8.44. The molecule has 0 spiro atoms. The summed E-state index contributed by atoms with van der Waals surface area (Å²) in [7, 11) is 0. The fraction of sp³-hybridized carbons (Fsp3) is 0.500. The maximum atomic E-state index is 12.4. The van der Waals surface area contributed by atoms with Gasteiger partial charge < -0.3 is 14.7 Å². The normalized spacial score (nSPS) is 16.0. The predicted molar refractivity (Wildman–Crippen MR) is 116 cm³/mol. The lowest BCUT2D eigenvalue weighted by atomic mass is 9.82. The Morgan fingerprint density at radius 3 is 2.34 bits per heavy atom. The molecule has 1 saturated heterocycles. The molecule has 0 atom stereocenters. The number of anilines is 1. The first-order chi connectivity index (χ1) is 13.7. The minimum atomic E-state index is -0.225. The summed E-state index contributed by atoms with van der Waals surface area (Å²) in [6.45, 7) is 12.7. The zero-order valence-corrected chi connectivity index (χ0v) is 18.2. The van der Waals surface area contributed by atoms with Gasteiger partial charge in [-0.3, -0.25) is 9.78 Å². The molecule has 1 aliphatic heterocycles. The van der Waals surface area contributed by atoms with Crippen LogP contribution >= 0.6 is 0 Å². The van der Waals surface area contributed by atoms with Crippen LogP contribution in [0.25, 0.3) is 11.1 Å². The number of aryl methyl sites for hydroxylation is 2. The number of pyridine rings is 1. The number of ether oxygens (including phenoxy) is 1. The third-order valence-corrected chi connectivity index (χ3v) is 5.87. The van der Waals surface area contributed by atoms with Crippen LogP contribution in [0.1, 0.15) is 50.6 Å². The second-order valence-electron chi connectivity index (χ2n) is 8.66. The molecular weight excluding hydrogens is 364 g/mol. The lowest BCUT2D eigenvalue weighted by molar-refractivity contribution is -0.142. The Balaban J connectivity index is 2.16. The molecule has 5 nitrogen and oxygen atoms in total. The number of hydrogen-bond acceptors (Lipinski definition) is 5. The van der Waals surface area contributed by atoms with Gasteiger partial charge >= 0.3 is 5.97 Å². The molecule has 2 aromatic rings. The van der Waals surface area contributed by atoms with Crippen LogP contribution in [-0.4, -0.2) is 35.8 Å². The number of aromatic hydroxyl groups is 1. The van der Waals surface area contributed by atoms with E-state index in [-0.39, 0.29) is 18.1 Å². The van der Waals surface area contributed by atoms with Gasteiger partial charge in [-0.25, -0.2) is 0 Å². The number of phenols is 1. The molecule has 0 bridgehead atoms. The van der Waals surface area contributed by atoms with Crippen molar-refractivity contribution in [3.05, 3.63) is 41.2 Å². The highest BCUT2D eigenvalue weighted by Gasteiger charge is 2.30. The van der Waals surface area contributed by atoms with Gasteiger partial charge in [-0.15, -0.1) is 0 Å². The topological polar surface area (TPSA) is 62.7 Å². The van der Waals surface area contributed by atoms with E-state index in [4.69, 9.17) is 9.72 Å². The SMILES string of the molecule is CCOC(=O)Cc1c(C)nc(C)c(-c2ccc(O)cc2)c1N1CCC(C)(C)CC1. The number of piperidine rings is 1. The third kappa shape index (κ3) is 4.72. The first-order valence-corrected chi connectivity index (χ1v) is 10.4. The van der Waals surface area contributed by atoms with Crippen molar-refractivity contribution in [2.24, 2.45) is 5.41 Å². The molecule has 5 heteroatoms. The van der Waals surface area contributed by atoms with E-state index in [0.717, 1.165) is 59.7 Å². The van der Waals surface area contributed by atoms with Gasteiger partial charge in [-0.05, 0) is 56.7 Å². The molecule has 1 N–H and O–H groups in total. The molecular formula is C24H32N2O3. The summed E-state index contributed by atoms with van der Waals surface area (Å²) in [5.41, 5.74) is 6.19. The number of esters is 1. The van der Waals surface area contributed by atoms with Crippen LogP contribution < -0.4 is 4.90 Å². The Labute approximate surface area is 173 Å². The molecule has 0 saturated carbocycles. The van der Waals surface area contributed by atoms with Crippen molar-refractivity contribution in [2.75, 3.05) is 24.6 Å². The summed E-state index contributed by atoms with van der Waals surface area (Å²) in [4.78, 5) is 19.6. The van der Waals surface area contributed by atoms with Crippen LogP contribution in [0, 0.1) is 19.3 Å². The van der Waals surface area contributed by atoms with Gasteiger partial charge in [0.1, 0.15) is 5.75 Å². The highest BCUT2D eigenvalue weighted by molar-refractivity contribution is 5.86. The maximum absolute atomic E-state index is 12.4. The van der Waals surface area contributed by atoms with Gasteiger partial charge in [0.05, 0.1) is 18.7 Å². The molecule has 0 unspecified atom stereocenters. The number of phenolic OH excluding ortho intramolecular Hbond substituents is 1. The third-order valence-electron chi connectivity index (χ3n) is 5.87. The van der Waals surface area contributed by atoms with E-state index in [2.05, 4.69) is 18.7 Å². The molecule has 1 aliphatic rings. The van der Waals surface area contributed by atoms with Gasteiger partial charge in [-0.1, -0.05) is 26.0 Å². The van der Waals surface area contributed by atoms with Crippen molar-refractivity contribution in [1.29, 1.82) is 0 Å². The minimum absolute atomic E-state index is 0.216. The monoisotopic (exact) mass is 396 g/mol. The lowest BCUT2D eigenvalue weighted by Crippen LogP contribution is -2.38. The summed E-state index contributed by atoms with van der Waals surface area (Å²) >= 11 is 0. The van der Waals surface area contributed by atoms with Gasteiger partial charge in [0.2, 0.25) is 0 Å². The van der Waals surface area contributed by atoms with Crippen LogP contribution in [0.15, 0.2) is 24.3 Å². The summed E-state index contributed by atoms with van der Waals surface area (Å²) in [6.07, 6.45) is 2.41. The highest BCUT2D eigenvalue weighted by atomic mass is 16.5. The quantitative estimate of drug-likeness (QED) is 0.735. The molecule has 2 heterocycles. The zero-order valence-electron chi connectivity index (χ0n) is 18.2. The van der Waals surface area contributed by atoms with Crippen molar-refractivity contribution in [2.45, 2.75) is 53.9 Å². The molecule has 1 aromatic carbocycles. The first kappa shape index (κ1) is 21.2. The molecule has 1 fully saturated rings. The lowest BCUT2D eigenvalue weighted by Gasteiger charge is -2.40. The number of aromatic nitrogens is 1. The van der Waals surface area contributed by atoms with Gasteiger partial charge in [0.25, 0.3) is 0 Å². The molecule has 0 amide bonds. The Morgan fingerprint density at radius 2 is 1.76 bits per heavy atom. The molecule has 156 valence electrons. The molecule has 1 aromatic heterocycles. The number of benzene rings is 1. The fourth-order valence-electron chi connectivity index (χ4n) is 4.09. The minimum Gasteiger partial charge on any atom is -0.508 e. The maximum Gasteiger partial charge on any atom is 0.310 e. The van der Waals surface area contributed by atoms with E-state index in [1.807, 2.05) is 32.9 Å². The Kier molecular flexibility index (Phi) is 6.15. The molecule has 29 heavy (non-hydrogen) atoms. The van der Waals surface area contributed by atoms with Crippen LogP contribution in [0.3, 0.4) is 0 Å². The van der Waals surface area contributed by atoms with Crippen molar-refractivity contribution in [1.82, 2.24) is 4.98 Å². The Hall–Kier alpha value is -2.56.